The molecule has 0 amide bonds. The maximum atomic E-state index is 4.47. The van der Waals surface area contributed by atoms with Gasteiger partial charge in [0.05, 0.1) is 17.2 Å². The molecule has 0 aliphatic heterocycles. The predicted octanol–water partition coefficient (Wildman–Crippen LogP) is 2.50. The molecule has 0 aliphatic carbocycles. The molecule has 0 saturated heterocycles. The van der Waals surface area contributed by atoms with Crippen molar-refractivity contribution < 1.29 is 0 Å². The van der Waals surface area contributed by atoms with Gasteiger partial charge in [-0.05, 0) is 19.3 Å². The van der Waals surface area contributed by atoms with Gasteiger partial charge < -0.3 is 10.2 Å². The van der Waals surface area contributed by atoms with Gasteiger partial charge >= 0.3 is 0 Å². The molecule has 0 fully saturated rings. The van der Waals surface area contributed by atoms with Crippen LogP contribution >= 0.6 is 11.3 Å². The SMILES string of the molecule is CN=C(NCCC(C)C)N(C)Cc1csc(C)n1. The Morgan fingerprint density at radius 1 is 1.56 bits per heavy atom. The van der Waals surface area contributed by atoms with E-state index in [-0.39, 0.29) is 0 Å². The molecule has 0 bridgehead atoms. The van der Waals surface area contributed by atoms with Gasteiger partial charge in [0.25, 0.3) is 0 Å². The Morgan fingerprint density at radius 2 is 2.28 bits per heavy atom. The maximum absolute atomic E-state index is 4.47. The molecule has 102 valence electrons. The van der Waals surface area contributed by atoms with Gasteiger partial charge in [0.2, 0.25) is 0 Å². The summed E-state index contributed by atoms with van der Waals surface area (Å²) in [6.45, 7) is 8.25. The summed E-state index contributed by atoms with van der Waals surface area (Å²) in [5, 5.41) is 6.60. The number of aliphatic imine (C=N–C) groups is 1. The molecule has 1 aromatic heterocycles. The van der Waals surface area contributed by atoms with Gasteiger partial charge in [0.1, 0.15) is 0 Å². The molecule has 0 spiro atoms. The van der Waals surface area contributed by atoms with E-state index in [0.717, 1.165) is 36.2 Å². The fraction of sp³-hybridized carbons (Fsp3) is 0.692. The molecule has 18 heavy (non-hydrogen) atoms. The van der Waals surface area contributed by atoms with Crippen molar-refractivity contribution >= 4 is 17.3 Å². The first-order valence-electron chi connectivity index (χ1n) is 6.35. The first-order chi connectivity index (χ1) is 8.52. The second-order valence-corrected chi connectivity index (χ2v) is 5.93. The van der Waals surface area contributed by atoms with Gasteiger partial charge in [-0.1, -0.05) is 13.8 Å². The molecular weight excluding hydrogens is 244 g/mol. The second-order valence-electron chi connectivity index (χ2n) is 4.87. The van der Waals surface area contributed by atoms with E-state index in [0.29, 0.717) is 5.92 Å². The Bertz CT molecular complexity index is 384. The number of aromatic nitrogens is 1. The highest BCUT2D eigenvalue weighted by Gasteiger charge is 2.08. The van der Waals surface area contributed by atoms with Crippen molar-refractivity contribution in [2.45, 2.75) is 33.7 Å². The van der Waals surface area contributed by atoms with Crippen molar-refractivity contribution in [2.24, 2.45) is 10.9 Å². The minimum absolute atomic E-state index is 0.710. The van der Waals surface area contributed by atoms with Crippen molar-refractivity contribution in [3.05, 3.63) is 16.1 Å². The van der Waals surface area contributed by atoms with Crippen LogP contribution in [0.4, 0.5) is 0 Å². The molecule has 0 unspecified atom stereocenters. The highest BCUT2D eigenvalue weighted by Crippen LogP contribution is 2.09. The van der Waals surface area contributed by atoms with E-state index in [1.165, 1.54) is 0 Å². The van der Waals surface area contributed by atoms with E-state index < -0.39 is 0 Å². The largest absolute Gasteiger partial charge is 0.356 e. The first-order valence-corrected chi connectivity index (χ1v) is 7.23. The second kappa shape index (κ2) is 7.36. The summed E-state index contributed by atoms with van der Waals surface area (Å²) in [4.78, 5) is 10.9. The third-order valence-corrected chi connectivity index (χ3v) is 3.47. The van der Waals surface area contributed by atoms with Crippen molar-refractivity contribution in [3.8, 4) is 0 Å². The summed E-state index contributed by atoms with van der Waals surface area (Å²) < 4.78 is 0. The van der Waals surface area contributed by atoms with E-state index in [2.05, 4.69) is 39.4 Å². The zero-order valence-electron chi connectivity index (χ0n) is 12.0. The van der Waals surface area contributed by atoms with Crippen LogP contribution in [0.3, 0.4) is 0 Å². The van der Waals surface area contributed by atoms with Crippen LogP contribution in [-0.2, 0) is 6.54 Å². The first kappa shape index (κ1) is 15.0. The Balaban J connectivity index is 2.44. The quantitative estimate of drug-likeness (QED) is 0.659. The van der Waals surface area contributed by atoms with Crippen LogP contribution in [0.15, 0.2) is 10.4 Å². The number of aryl methyl sites for hydroxylation is 1. The predicted molar refractivity (Wildman–Crippen MR) is 79.1 cm³/mol. The fourth-order valence-corrected chi connectivity index (χ4v) is 2.26. The van der Waals surface area contributed by atoms with E-state index >= 15 is 0 Å². The summed E-state index contributed by atoms with van der Waals surface area (Å²) in [7, 11) is 3.86. The number of nitrogens with one attached hydrogen (secondary N) is 1. The molecule has 0 saturated carbocycles. The smallest absolute Gasteiger partial charge is 0.193 e. The maximum Gasteiger partial charge on any atom is 0.193 e. The highest BCUT2D eigenvalue weighted by molar-refractivity contribution is 7.09. The van der Waals surface area contributed by atoms with Crippen LogP contribution in [0, 0.1) is 12.8 Å². The van der Waals surface area contributed by atoms with Gasteiger partial charge in [-0.15, -0.1) is 11.3 Å². The lowest BCUT2D eigenvalue weighted by Gasteiger charge is -2.21. The van der Waals surface area contributed by atoms with Gasteiger partial charge in [0.15, 0.2) is 5.96 Å². The molecule has 0 atom stereocenters. The van der Waals surface area contributed by atoms with Crippen LogP contribution in [0.5, 0.6) is 0 Å². The monoisotopic (exact) mass is 268 g/mol. The number of hydrogen-bond donors (Lipinski definition) is 1. The standard InChI is InChI=1S/C13H24N4S/c1-10(2)6-7-15-13(14-4)17(5)8-12-9-18-11(3)16-12/h9-10H,6-8H2,1-5H3,(H,14,15). The molecule has 4 nitrogen and oxygen atoms in total. The van der Waals surface area contributed by atoms with Gasteiger partial charge in [-0.2, -0.15) is 0 Å². The van der Waals surface area contributed by atoms with Crippen molar-refractivity contribution in [3.63, 3.8) is 0 Å². The molecule has 0 aromatic carbocycles. The lowest BCUT2D eigenvalue weighted by Crippen LogP contribution is -2.39. The number of nitrogens with zero attached hydrogens (tertiary/aromatic N) is 3. The minimum atomic E-state index is 0.710. The lowest BCUT2D eigenvalue weighted by molar-refractivity contribution is 0.464. The van der Waals surface area contributed by atoms with Crippen molar-refractivity contribution in [1.29, 1.82) is 0 Å². The average Bonchev–Trinajstić information content (AvgIpc) is 2.69. The Labute approximate surface area is 114 Å². The van der Waals surface area contributed by atoms with Gasteiger partial charge in [-0.25, -0.2) is 4.98 Å². The van der Waals surface area contributed by atoms with Crippen molar-refractivity contribution in [2.75, 3.05) is 20.6 Å². The summed E-state index contributed by atoms with van der Waals surface area (Å²) in [6.07, 6.45) is 1.16. The average molecular weight is 268 g/mol. The summed E-state index contributed by atoms with van der Waals surface area (Å²) in [5.74, 6) is 1.64. The fourth-order valence-electron chi connectivity index (χ4n) is 1.66. The molecule has 1 N–H and O–H groups in total. The number of thiazole rings is 1. The van der Waals surface area contributed by atoms with Gasteiger partial charge in [0, 0.05) is 26.0 Å². The molecule has 5 heteroatoms. The summed E-state index contributed by atoms with van der Waals surface area (Å²) >= 11 is 1.69. The number of rotatable bonds is 5. The number of guanidine groups is 1. The van der Waals surface area contributed by atoms with E-state index in [1.807, 2.05) is 21.0 Å². The van der Waals surface area contributed by atoms with E-state index in [1.54, 1.807) is 11.3 Å². The topological polar surface area (TPSA) is 40.5 Å². The Hall–Kier alpha value is -1.10. The number of hydrogen-bond acceptors (Lipinski definition) is 3. The van der Waals surface area contributed by atoms with Gasteiger partial charge in [-0.3, -0.25) is 4.99 Å². The third kappa shape index (κ3) is 5.04. The third-order valence-electron chi connectivity index (χ3n) is 2.64. The van der Waals surface area contributed by atoms with Crippen LogP contribution in [0.2, 0.25) is 0 Å². The van der Waals surface area contributed by atoms with Crippen LogP contribution in [-0.4, -0.2) is 36.5 Å². The van der Waals surface area contributed by atoms with Crippen LogP contribution in [0.1, 0.15) is 31.0 Å². The van der Waals surface area contributed by atoms with Crippen LogP contribution in [0.25, 0.3) is 0 Å². The Morgan fingerprint density at radius 3 is 2.78 bits per heavy atom. The molecule has 1 heterocycles. The van der Waals surface area contributed by atoms with E-state index in [4.69, 9.17) is 0 Å². The zero-order chi connectivity index (χ0) is 13.5. The highest BCUT2D eigenvalue weighted by atomic mass is 32.1. The molecule has 1 rings (SSSR count). The van der Waals surface area contributed by atoms with Crippen molar-refractivity contribution in [1.82, 2.24) is 15.2 Å². The Kier molecular flexibility index (Phi) is 6.12. The normalized spacial score (nSPS) is 12.0. The zero-order valence-corrected chi connectivity index (χ0v) is 12.8. The minimum Gasteiger partial charge on any atom is -0.356 e. The summed E-state index contributed by atoms with van der Waals surface area (Å²) in [5.41, 5.74) is 1.10. The van der Waals surface area contributed by atoms with Crippen LogP contribution < -0.4 is 5.32 Å². The summed E-state index contributed by atoms with van der Waals surface area (Å²) in [6, 6.07) is 0. The molecular formula is C13H24N4S. The molecule has 0 aliphatic rings. The van der Waals surface area contributed by atoms with E-state index in [9.17, 15) is 0 Å². The molecule has 1 aromatic rings. The molecule has 0 radical (unpaired) electrons. The lowest BCUT2D eigenvalue weighted by atomic mass is 10.1.